The molecule has 1 nitrogen and oxygen atoms in total. The Morgan fingerprint density at radius 2 is 1.47 bits per heavy atom. The predicted molar refractivity (Wildman–Crippen MR) is 83.9 cm³/mol. The van der Waals surface area contributed by atoms with Gasteiger partial charge in [-0.15, -0.1) is 0 Å². The number of halogens is 1. The smallest absolute Gasteiger partial charge is 0.119 e. The molecule has 0 amide bonds. The van der Waals surface area contributed by atoms with E-state index in [0.29, 0.717) is 12.5 Å². The first kappa shape index (κ1) is 14.1. The summed E-state index contributed by atoms with van der Waals surface area (Å²) in [5.74, 6) is 1.49. The molecule has 0 aromatic heterocycles. The van der Waals surface area contributed by atoms with Gasteiger partial charge in [0, 0.05) is 5.33 Å². The van der Waals surface area contributed by atoms with Crippen LogP contribution in [0.5, 0.6) is 5.75 Å². The number of hydrogen-bond acceptors (Lipinski definition) is 1. The number of rotatable bonds is 5. The average molecular weight is 319 g/mol. The minimum Gasteiger partial charge on any atom is -0.489 e. The van der Waals surface area contributed by atoms with Crippen molar-refractivity contribution >= 4 is 15.9 Å². The molecule has 0 aliphatic rings. The highest BCUT2D eigenvalue weighted by Gasteiger charge is 2.00. The van der Waals surface area contributed by atoms with Gasteiger partial charge in [0.05, 0.1) is 0 Å². The fraction of sp³-hybridized carbons (Fsp3) is 0.294. The first-order valence-corrected chi connectivity index (χ1v) is 7.67. The molecule has 0 spiro atoms. The standard InChI is InChI=1S/C17H19BrO/c1-13(2)16-7-3-15(4-8-16)12-19-17-9-5-14(11-18)6-10-17/h3-10,13H,11-12H2,1-2H3. The lowest BCUT2D eigenvalue weighted by molar-refractivity contribution is 0.306. The van der Waals surface area contributed by atoms with Crippen LogP contribution in [0.3, 0.4) is 0 Å². The lowest BCUT2D eigenvalue weighted by Crippen LogP contribution is -1.96. The number of ether oxygens (including phenoxy) is 1. The minimum absolute atomic E-state index is 0.576. The summed E-state index contributed by atoms with van der Waals surface area (Å²) < 4.78 is 5.78. The van der Waals surface area contributed by atoms with E-state index >= 15 is 0 Å². The quantitative estimate of drug-likeness (QED) is 0.681. The van der Waals surface area contributed by atoms with Crippen molar-refractivity contribution in [1.82, 2.24) is 0 Å². The van der Waals surface area contributed by atoms with Crippen LogP contribution in [0, 0.1) is 0 Å². The lowest BCUT2D eigenvalue weighted by Gasteiger charge is -2.09. The summed E-state index contributed by atoms with van der Waals surface area (Å²) >= 11 is 3.44. The van der Waals surface area contributed by atoms with Crippen molar-refractivity contribution in [2.75, 3.05) is 0 Å². The minimum atomic E-state index is 0.576. The molecule has 0 N–H and O–H groups in total. The van der Waals surface area contributed by atoms with Crippen LogP contribution in [0.2, 0.25) is 0 Å². The summed E-state index contributed by atoms with van der Waals surface area (Å²) in [4.78, 5) is 0. The van der Waals surface area contributed by atoms with E-state index in [4.69, 9.17) is 4.74 Å². The van der Waals surface area contributed by atoms with Crippen LogP contribution in [0.25, 0.3) is 0 Å². The van der Waals surface area contributed by atoms with Gasteiger partial charge in [0.25, 0.3) is 0 Å². The fourth-order valence-corrected chi connectivity index (χ4v) is 2.21. The second-order valence-electron chi connectivity index (χ2n) is 4.96. The van der Waals surface area contributed by atoms with E-state index in [9.17, 15) is 0 Å². The Balaban J connectivity index is 1.94. The van der Waals surface area contributed by atoms with Gasteiger partial charge in [0.1, 0.15) is 12.4 Å². The van der Waals surface area contributed by atoms with E-state index in [1.165, 1.54) is 16.7 Å². The number of benzene rings is 2. The SMILES string of the molecule is CC(C)c1ccc(COc2ccc(CBr)cc2)cc1. The van der Waals surface area contributed by atoms with Crippen molar-refractivity contribution in [2.45, 2.75) is 31.7 Å². The van der Waals surface area contributed by atoms with Crippen LogP contribution in [0.15, 0.2) is 48.5 Å². The van der Waals surface area contributed by atoms with E-state index in [2.05, 4.69) is 66.2 Å². The highest BCUT2D eigenvalue weighted by molar-refractivity contribution is 9.08. The van der Waals surface area contributed by atoms with Crippen LogP contribution in [0.4, 0.5) is 0 Å². The van der Waals surface area contributed by atoms with Crippen LogP contribution < -0.4 is 4.74 Å². The van der Waals surface area contributed by atoms with Gasteiger partial charge in [-0.3, -0.25) is 0 Å². The molecule has 0 heterocycles. The molecule has 0 saturated heterocycles. The Hall–Kier alpha value is -1.28. The fourth-order valence-electron chi connectivity index (χ4n) is 1.84. The largest absolute Gasteiger partial charge is 0.489 e. The second kappa shape index (κ2) is 6.76. The molecular formula is C17H19BrO. The normalized spacial score (nSPS) is 10.7. The maximum absolute atomic E-state index is 5.78. The van der Waals surface area contributed by atoms with Crippen LogP contribution in [0.1, 0.15) is 36.5 Å². The zero-order valence-corrected chi connectivity index (χ0v) is 13.0. The van der Waals surface area contributed by atoms with Gasteiger partial charge < -0.3 is 4.74 Å². The van der Waals surface area contributed by atoms with Gasteiger partial charge in [-0.1, -0.05) is 66.2 Å². The van der Waals surface area contributed by atoms with E-state index < -0.39 is 0 Å². The summed E-state index contributed by atoms with van der Waals surface area (Å²) in [6.07, 6.45) is 0. The first-order valence-electron chi connectivity index (χ1n) is 6.55. The predicted octanol–water partition coefficient (Wildman–Crippen LogP) is 5.28. The van der Waals surface area contributed by atoms with E-state index in [-0.39, 0.29) is 0 Å². The molecule has 0 fully saturated rings. The maximum atomic E-state index is 5.78. The molecule has 2 aromatic rings. The van der Waals surface area contributed by atoms with Gasteiger partial charge in [0.2, 0.25) is 0 Å². The third-order valence-electron chi connectivity index (χ3n) is 3.13. The monoisotopic (exact) mass is 318 g/mol. The van der Waals surface area contributed by atoms with Crippen molar-refractivity contribution in [3.63, 3.8) is 0 Å². The first-order chi connectivity index (χ1) is 9.19. The Morgan fingerprint density at radius 1 is 0.895 bits per heavy atom. The summed E-state index contributed by atoms with van der Waals surface area (Å²) in [5, 5.41) is 0.879. The molecule has 0 radical (unpaired) electrons. The molecule has 0 aliphatic heterocycles. The van der Waals surface area contributed by atoms with Crippen molar-refractivity contribution in [3.8, 4) is 5.75 Å². The molecule has 2 aromatic carbocycles. The van der Waals surface area contributed by atoms with Crippen LogP contribution in [-0.4, -0.2) is 0 Å². The van der Waals surface area contributed by atoms with Crippen molar-refractivity contribution in [2.24, 2.45) is 0 Å². The van der Waals surface area contributed by atoms with Gasteiger partial charge in [-0.2, -0.15) is 0 Å². The summed E-state index contributed by atoms with van der Waals surface area (Å²) in [7, 11) is 0. The molecule has 0 atom stereocenters. The molecule has 2 heteroatoms. The van der Waals surface area contributed by atoms with Crippen LogP contribution >= 0.6 is 15.9 Å². The highest BCUT2D eigenvalue weighted by Crippen LogP contribution is 2.18. The lowest BCUT2D eigenvalue weighted by atomic mass is 10.0. The molecule has 100 valence electrons. The van der Waals surface area contributed by atoms with Gasteiger partial charge in [-0.05, 0) is 34.7 Å². The maximum Gasteiger partial charge on any atom is 0.119 e. The molecule has 19 heavy (non-hydrogen) atoms. The number of alkyl halides is 1. The summed E-state index contributed by atoms with van der Waals surface area (Å²) in [6.45, 7) is 5.03. The molecule has 0 bridgehead atoms. The molecule has 0 aliphatic carbocycles. The van der Waals surface area contributed by atoms with E-state index in [1.54, 1.807) is 0 Å². The van der Waals surface area contributed by atoms with Crippen molar-refractivity contribution in [1.29, 1.82) is 0 Å². The zero-order chi connectivity index (χ0) is 13.7. The summed E-state index contributed by atoms with van der Waals surface area (Å²) in [6, 6.07) is 16.8. The average Bonchev–Trinajstić information content (AvgIpc) is 2.46. The molecule has 2 rings (SSSR count). The van der Waals surface area contributed by atoms with E-state index in [0.717, 1.165) is 11.1 Å². The molecule has 0 saturated carbocycles. The third kappa shape index (κ3) is 4.10. The highest BCUT2D eigenvalue weighted by atomic mass is 79.9. The molecular weight excluding hydrogens is 300 g/mol. The Bertz CT molecular complexity index is 500. The van der Waals surface area contributed by atoms with Gasteiger partial charge >= 0.3 is 0 Å². The van der Waals surface area contributed by atoms with Crippen molar-refractivity contribution < 1.29 is 4.74 Å². The number of hydrogen-bond donors (Lipinski definition) is 0. The Kier molecular flexibility index (Phi) is 5.03. The van der Waals surface area contributed by atoms with Crippen LogP contribution in [-0.2, 0) is 11.9 Å². The second-order valence-corrected chi connectivity index (χ2v) is 5.52. The third-order valence-corrected chi connectivity index (χ3v) is 3.78. The Morgan fingerprint density at radius 3 is 2.00 bits per heavy atom. The zero-order valence-electron chi connectivity index (χ0n) is 11.4. The van der Waals surface area contributed by atoms with Gasteiger partial charge in [0.15, 0.2) is 0 Å². The van der Waals surface area contributed by atoms with Gasteiger partial charge in [-0.25, -0.2) is 0 Å². The Labute approximate surface area is 123 Å². The van der Waals surface area contributed by atoms with E-state index in [1.807, 2.05) is 12.1 Å². The van der Waals surface area contributed by atoms with Crippen molar-refractivity contribution in [3.05, 3.63) is 65.2 Å². The summed E-state index contributed by atoms with van der Waals surface area (Å²) in [5.41, 5.74) is 3.83. The topological polar surface area (TPSA) is 9.23 Å². The molecule has 0 unspecified atom stereocenters.